The van der Waals surface area contributed by atoms with Crippen LogP contribution in [0.4, 0.5) is 0 Å². The van der Waals surface area contributed by atoms with Gasteiger partial charge in [0.1, 0.15) is 5.75 Å². The Balaban J connectivity index is 1.91. The Kier molecular flexibility index (Phi) is 6.17. The zero-order valence-electron chi connectivity index (χ0n) is 12.2. The van der Waals surface area contributed by atoms with Crippen LogP contribution in [-0.4, -0.2) is 25.2 Å². The van der Waals surface area contributed by atoms with Gasteiger partial charge in [-0.3, -0.25) is 0 Å². The summed E-state index contributed by atoms with van der Waals surface area (Å²) in [5, 5.41) is 3.27. The van der Waals surface area contributed by atoms with Gasteiger partial charge in [0.05, 0.1) is 6.61 Å². The minimum absolute atomic E-state index is 0.595. The zero-order valence-corrected chi connectivity index (χ0v) is 13.8. The van der Waals surface area contributed by atoms with Crippen molar-refractivity contribution in [1.82, 2.24) is 10.3 Å². The highest BCUT2D eigenvalue weighted by Crippen LogP contribution is 2.25. The quantitative estimate of drug-likeness (QED) is 0.773. The van der Waals surface area contributed by atoms with E-state index in [0.29, 0.717) is 12.5 Å². The van der Waals surface area contributed by atoms with Gasteiger partial charge in [-0.25, -0.2) is 4.98 Å². The summed E-state index contributed by atoms with van der Waals surface area (Å²) < 4.78 is 11.8. The lowest BCUT2D eigenvalue weighted by atomic mass is 10.2. The van der Waals surface area contributed by atoms with Crippen molar-refractivity contribution in [3.63, 3.8) is 0 Å². The molecule has 0 atom stereocenters. The van der Waals surface area contributed by atoms with Gasteiger partial charge in [0.2, 0.25) is 5.88 Å². The maximum Gasteiger partial charge on any atom is 0.219 e. The first-order valence-electron chi connectivity index (χ1n) is 6.77. The maximum atomic E-state index is 5.74. The summed E-state index contributed by atoms with van der Waals surface area (Å²) in [6.45, 7) is 4.33. The Morgan fingerprint density at radius 1 is 1.24 bits per heavy atom. The standard InChI is InChI=1S/C16H19BrN2O2/c1-12-9-14(4-5-15(12)17)21-16-6-3-13(11-19-16)10-18-7-8-20-2/h3-6,9,11,18H,7-8,10H2,1-2H3. The molecular formula is C16H19BrN2O2. The summed E-state index contributed by atoms with van der Waals surface area (Å²) >= 11 is 3.47. The molecule has 0 unspecified atom stereocenters. The van der Waals surface area contributed by atoms with Crippen molar-refractivity contribution in [2.75, 3.05) is 20.3 Å². The van der Waals surface area contributed by atoms with Crippen LogP contribution >= 0.6 is 15.9 Å². The molecule has 1 N–H and O–H groups in total. The van der Waals surface area contributed by atoms with Crippen LogP contribution in [0, 0.1) is 6.92 Å². The van der Waals surface area contributed by atoms with Crippen LogP contribution in [0.2, 0.25) is 0 Å². The van der Waals surface area contributed by atoms with E-state index in [4.69, 9.17) is 9.47 Å². The van der Waals surface area contributed by atoms with E-state index in [1.54, 1.807) is 7.11 Å². The Hall–Kier alpha value is -1.43. The average molecular weight is 351 g/mol. The van der Waals surface area contributed by atoms with Gasteiger partial charge in [-0.2, -0.15) is 0 Å². The first kappa shape index (κ1) is 15.9. The zero-order chi connectivity index (χ0) is 15.1. The fourth-order valence-electron chi connectivity index (χ4n) is 1.78. The second-order valence-corrected chi connectivity index (χ2v) is 5.54. The number of aryl methyl sites for hydroxylation is 1. The SMILES string of the molecule is COCCNCc1ccc(Oc2ccc(Br)c(C)c2)nc1. The predicted molar refractivity (Wildman–Crippen MR) is 86.8 cm³/mol. The van der Waals surface area contributed by atoms with Crippen molar-refractivity contribution in [2.24, 2.45) is 0 Å². The first-order valence-corrected chi connectivity index (χ1v) is 7.57. The van der Waals surface area contributed by atoms with Crippen LogP contribution < -0.4 is 10.1 Å². The maximum absolute atomic E-state index is 5.74. The summed E-state index contributed by atoms with van der Waals surface area (Å²) in [7, 11) is 1.69. The van der Waals surface area contributed by atoms with Crippen molar-refractivity contribution >= 4 is 15.9 Å². The van der Waals surface area contributed by atoms with E-state index < -0.39 is 0 Å². The number of benzene rings is 1. The lowest BCUT2D eigenvalue weighted by Gasteiger charge is -2.08. The van der Waals surface area contributed by atoms with Crippen LogP contribution in [-0.2, 0) is 11.3 Å². The molecule has 1 aromatic carbocycles. The monoisotopic (exact) mass is 350 g/mol. The van der Waals surface area contributed by atoms with Gasteiger partial charge in [-0.1, -0.05) is 22.0 Å². The molecule has 0 amide bonds. The van der Waals surface area contributed by atoms with Crippen LogP contribution in [0.3, 0.4) is 0 Å². The second kappa shape index (κ2) is 8.12. The number of ether oxygens (including phenoxy) is 2. The van der Waals surface area contributed by atoms with E-state index in [-0.39, 0.29) is 0 Å². The number of pyridine rings is 1. The van der Waals surface area contributed by atoms with Gasteiger partial charge in [0.25, 0.3) is 0 Å². The molecule has 0 spiro atoms. The van der Waals surface area contributed by atoms with Gasteiger partial charge in [0, 0.05) is 36.9 Å². The first-order chi connectivity index (χ1) is 10.2. The Morgan fingerprint density at radius 3 is 2.76 bits per heavy atom. The molecule has 21 heavy (non-hydrogen) atoms. The third kappa shape index (κ3) is 5.12. The minimum Gasteiger partial charge on any atom is -0.439 e. The van der Waals surface area contributed by atoms with Crippen LogP contribution in [0.15, 0.2) is 41.0 Å². The van der Waals surface area contributed by atoms with Gasteiger partial charge in [-0.15, -0.1) is 0 Å². The van der Waals surface area contributed by atoms with E-state index in [1.165, 1.54) is 0 Å². The summed E-state index contributed by atoms with van der Waals surface area (Å²) in [6.07, 6.45) is 1.82. The second-order valence-electron chi connectivity index (χ2n) is 4.69. The molecule has 0 bridgehead atoms. The minimum atomic E-state index is 0.595. The van der Waals surface area contributed by atoms with E-state index in [2.05, 4.69) is 26.2 Å². The van der Waals surface area contributed by atoms with Gasteiger partial charge in [0.15, 0.2) is 0 Å². The molecule has 0 saturated heterocycles. The number of rotatable bonds is 7. The number of aromatic nitrogens is 1. The van der Waals surface area contributed by atoms with E-state index >= 15 is 0 Å². The Bertz CT molecular complexity index is 573. The molecule has 0 saturated carbocycles. The van der Waals surface area contributed by atoms with E-state index in [0.717, 1.165) is 34.4 Å². The molecule has 0 fully saturated rings. The van der Waals surface area contributed by atoms with Gasteiger partial charge in [-0.05, 0) is 36.2 Å². The van der Waals surface area contributed by atoms with Crippen LogP contribution in [0.1, 0.15) is 11.1 Å². The Morgan fingerprint density at radius 2 is 2.10 bits per heavy atom. The molecule has 1 heterocycles. The highest BCUT2D eigenvalue weighted by molar-refractivity contribution is 9.10. The third-order valence-electron chi connectivity index (χ3n) is 2.96. The molecule has 4 nitrogen and oxygen atoms in total. The average Bonchev–Trinajstić information content (AvgIpc) is 2.49. The van der Waals surface area contributed by atoms with Crippen molar-refractivity contribution in [3.8, 4) is 11.6 Å². The molecule has 0 aliphatic carbocycles. The number of nitrogens with zero attached hydrogens (tertiary/aromatic N) is 1. The van der Waals surface area contributed by atoms with Gasteiger partial charge < -0.3 is 14.8 Å². The number of hydrogen-bond donors (Lipinski definition) is 1. The van der Waals surface area contributed by atoms with Crippen molar-refractivity contribution in [3.05, 3.63) is 52.1 Å². The normalized spacial score (nSPS) is 10.6. The van der Waals surface area contributed by atoms with Gasteiger partial charge >= 0.3 is 0 Å². The molecule has 0 aliphatic heterocycles. The smallest absolute Gasteiger partial charge is 0.219 e. The number of nitrogens with one attached hydrogen (secondary N) is 1. The van der Waals surface area contributed by atoms with Crippen molar-refractivity contribution < 1.29 is 9.47 Å². The van der Waals surface area contributed by atoms with Crippen molar-refractivity contribution in [1.29, 1.82) is 0 Å². The van der Waals surface area contributed by atoms with Crippen LogP contribution in [0.5, 0.6) is 11.6 Å². The summed E-state index contributed by atoms with van der Waals surface area (Å²) in [4.78, 5) is 4.32. The summed E-state index contributed by atoms with van der Waals surface area (Å²) in [6, 6.07) is 9.75. The lowest BCUT2D eigenvalue weighted by molar-refractivity contribution is 0.199. The van der Waals surface area contributed by atoms with E-state index in [1.807, 2.05) is 43.5 Å². The predicted octanol–water partition coefficient (Wildman–Crippen LogP) is 3.68. The molecule has 112 valence electrons. The summed E-state index contributed by atoms with van der Waals surface area (Å²) in [5.74, 6) is 1.38. The van der Waals surface area contributed by atoms with E-state index in [9.17, 15) is 0 Å². The molecule has 2 aromatic rings. The molecule has 1 aromatic heterocycles. The van der Waals surface area contributed by atoms with Crippen LogP contribution in [0.25, 0.3) is 0 Å². The van der Waals surface area contributed by atoms with Crippen molar-refractivity contribution in [2.45, 2.75) is 13.5 Å². The number of halogens is 1. The lowest BCUT2D eigenvalue weighted by Crippen LogP contribution is -2.18. The topological polar surface area (TPSA) is 43.4 Å². The molecular weight excluding hydrogens is 332 g/mol. The highest BCUT2D eigenvalue weighted by Gasteiger charge is 2.02. The summed E-state index contributed by atoms with van der Waals surface area (Å²) in [5.41, 5.74) is 2.25. The fraction of sp³-hybridized carbons (Fsp3) is 0.312. The fourth-order valence-corrected chi connectivity index (χ4v) is 2.03. The number of methoxy groups -OCH3 is 1. The number of hydrogen-bond acceptors (Lipinski definition) is 4. The largest absolute Gasteiger partial charge is 0.439 e. The molecule has 2 rings (SSSR count). The molecule has 5 heteroatoms. The molecule has 0 aliphatic rings. The third-order valence-corrected chi connectivity index (χ3v) is 3.85. The molecule has 0 radical (unpaired) electrons. The Labute approximate surface area is 133 Å². The highest BCUT2D eigenvalue weighted by atomic mass is 79.9.